The lowest BCUT2D eigenvalue weighted by molar-refractivity contribution is 0.0880. The number of nitrogens with zero attached hydrogens (tertiary/aromatic N) is 3. The third-order valence-electron chi connectivity index (χ3n) is 6.90. The van der Waals surface area contributed by atoms with E-state index in [4.69, 9.17) is 0 Å². The fourth-order valence-corrected chi connectivity index (χ4v) is 5.08. The number of piperidine rings is 1. The number of amides is 1. The van der Waals surface area contributed by atoms with Gasteiger partial charge in [-0.15, -0.1) is 0 Å². The molecule has 1 aliphatic rings. The highest BCUT2D eigenvalue weighted by Gasteiger charge is 2.30. The summed E-state index contributed by atoms with van der Waals surface area (Å²) in [6.07, 6.45) is 1.83. The number of carbonyl (C=O) groups excluding carboxylic acids is 1. The van der Waals surface area contributed by atoms with Gasteiger partial charge in [0, 0.05) is 43.2 Å². The summed E-state index contributed by atoms with van der Waals surface area (Å²) in [6.45, 7) is 1.34. The van der Waals surface area contributed by atoms with Gasteiger partial charge in [0.25, 0.3) is 5.91 Å². The second-order valence-corrected chi connectivity index (χ2v) is 9.11. The minimum atomic E-state index is -0.286. The van der Waals surface area contributed by atoms with Crippen molar-refractivity contribution in [3.8, 4) is 0 Å². The van der Waals surface area contributed by atoms with E-state index >= 15 is 0 Å². The zero-order valence-corrected chi connectivity index (χ0v) is 19.6. The van der Waals surface area contributed by atoms with Crippen LogP contribution in [0.3, 0.4) is 0 Å². The molecule has 3 aromatic carbocycles. The van der Waals surface area contributed by atoms with Crippen LogP contribution in [-0.4, -0.2) is 39.7 Å². The number of likely N-dealkylation sites (tertiary alicyclic amines) is 1. The summed E-state index contributed by atoms with van der Waals surface area (Å²) in [6, 6.07) is 20.7. The number of rotatable bonds is 6. The van der Waals surface area contributed by atoms with Crippen molar-refractivity contribution in [1.82, 2.24) is 20.0 Å². The zero-order chi connectivity index (χ0) is 24.4. The summed E-state index contributed by atoms with van der Waals surface area (Å²) in [7, 11) is 1.78. The van der Waals surface area contributed by atoms with E-state index in [-0.39, 0.29) is 29.6 Å². The Kier molecular flexibility index (Phi) is 6.59. The maximum Gasteiger partial charge on any atom is 0.270 e. The van der Waals surface area contributed by atoms with Crippen LogP contribution in [0.1, 0.15) is 40.5 Å². The van der Waals surface area contributed by atoms with Gasteiger partial charge < -0.3 is 5.32 Å². The topological polar surface area (TPSA) is 50.2 Å². The Morgan fingerprint density at radius 2 is 1.63 bits per heavy atom. The number of fused-ring (bicyclic) bond motifs is 1. The highest BCUT2D eigenvalue weighted by atomic mass is 19.1. The Morgan fingerprint density at radius 1 is 0.971 bits per heavy atom. The molecule has 2 heterocycles. The predicted molar refractivity (Wildman–Crippen MR) is 132 cm³/mol. The van der Waals surface area contributed by atoms with Gasteiger partial charge in [0.2, 0.25) is 0 Å². The molecule has 0 spiro atoms. The molecule has 180 valence electrons. The Bertz CT molecular complexity index is 1340. The Labute approximate surface area is 203 Å². The molecule has 1 N–H and O–H groups in total. The van der Waals surface area contributed by atoms with E-state index in [9.17, 15) is 13.6 Å². The number of benzene rings is 3. The SMILES string of the molecule is Cn1nc2ccccc2c1C(=O)NC1CCN(C(Cc2ccccc2F)c2ccccc2F)CC1. The molecule has 5 rings (SSSR count). The summed E-state index contributed by atoms with van der Waals surface area (Å²) in [4.78, 5) is 15.3. The first-order valence-electron chi connectivity index (χ1n) is 12.0. The molecule has 0 aliphatic carbocycles. The van der Waals surface area contributed by atoms with Crippen molar-refractivity contribution >= 4 is 16.8 Å². The summed E-state index contributed by atoms with van der Waals surface area (Å²) < 4.78 is 30.9. The number of nitrogens with one attached hydrogen (secondary N) is 1. The molecule has 0 bridgehead atoms. The standard InChI is InChI=1S/C28H28F2N4O/c1-33-27(22-10-4-7-13-25(22)32-33)28(35)31-20-14-16-34(17-15-20)26(21-9-3-6-12-24(21)30)18-19-8-2-5-11-23(19)29/h2-13,20,26H,14-18H2,1H3,(H,31,35). The van der Waals surface area contributed by atoms with Crippen molar-refractivity contribution in [2.24, 2.45) is 7.05 Å². The molecule has 1 aliphatic heterocycles. The van der Waals surface area contributed by atoms with E-state index < -0.39 is 0 Å². The fraction of sp³-hybridized carbons (Fsp3) is 0.286. The molecular formula is C28H28F2N4O. The number of aryl methyl sites for hydroxylation is 1. The van der Waals surface area contributed by atoms with Crippen LogP contribution in [-0.2, 0) is 13.5 Å². The lowest BCUT2D eigenvalue weighted by atomic mass is 9.93. The van der Waals surface area contributed by atoms with Crippen molar-refractivity contribution in [3.05, 3.63) is 101 Å². The van der Waals surface area contributed by atoms with Gasteiger partial charge in [0.1, 0.15) is 17.3 Å². The Balaban J connectivity index is 1.30. The second kappa shape index (κ2) is 9.96. The zero-order valence-electron chi connectivity index (χ0n) is 19.6. The quantitative estimate of drug-likeness (QED) is 0.427. The minimum absolute atomic E-state index is 0.00199. The third kappa shape index (κ3) is 4.82. The molecule has 1 fully saturated rings. The van der Waals surface area contributed by atoms with Crippen LogP contribution in [0.5, 0.6) is 0 Å². The first-order chi connectivity index (χ1) is 17.0. The molecule has 1 aromatic heterocycles. The van der Waals surface area contributed by atoms with Crippen molar-refractivity contribution in [1.29, 1.82) is 0 Å². The Hall–Kier alpha value is -3.58. The minimum Gasteiger partial charge on any atom is -0.348 e. The van der Waals surface area contributed by atoms with Crippen molar-refractivity contribution in [2.75, 3.05) is 13.1 Å². The monoisotopic (exact) mass is 474 g/mol. The van der Waals surface area contributed by atoms with Crippen molar-refractivity contribution < 1.29 is 13.6 Å². The predicted octanol–water partition coefficient (Wildman–Crippen LogP) is 5.03. The first-order valence-corrected chi connectivity index (χ1v) is 12.0. The van der Waals surface area contributed by atoms with Crippen LogP contribution < -0.4 is 5.32 Å². The third-order valence-corrected chi connectivity index (χ3v) is 6.90. The van der Waals surface area contributed by atoms with E-state index in [1.807, 2.05) is 30.3 Å². The summed E-state index contributed by atoms with van der Waals surface area (Å²) in [5, 5.41) is 8.42. The number of hydrogen-bond acceptors (Lipinski definition) is 3. The van der Waals surface area contributed by atoms with Crippen LogP contribution in [0.15, 0.2) is 72.8 Å². The lowest BCUT2D eigenvalue weighted by Crippen LogP contribution is -2.46. The van der Waals surface area contributed by atoms with Crippen LogP contribution in [0, 0.1) is 11.6 Å². The maximum absolute atomic E-state index is 14.8. The summed E-state index contributed by atoms with van der Waals surface area (Å²) in [5.41, 5.74) is 2.47. The maximum atomic E-state index is 14.8. The van der Waals surface area contributed by atoms with Gasteiger partial charge in [-0.25, -0.2) is 8.78 Å². The molecule has 5 nitrogen and oxygen atoms in total. The molecule has 1 saturated heterocycles. The normalized spacial score (nSPS) is 15.9. The van der Waals surface area contributed by atoms with E-state index in [1.165, 1.54) is 12.1 Å². The molecule has 7 heteroatoms. The van der Waals surface area contributed by atoms with Crippen molar-refractivity contribution in [2.45, 2.75) is 31.3 Å². The summed E-state index contributed by atoms with van der Waals surface area (Å²) in [5.74, 6) is -0.705. The number of hydrogen-bond donors (Lipinski definition) is 1. The fourth-order valence-electron chi connectivity index (χ4n) is 5.08. The smallest absolute Gasteiger partial charge is 0.270 e. The molecular weight excluding hydrogens is 446 g/mol. The first kappa shape index (κ1) is 23.2. The molecule has 1 amide bonds. The number of carbonyl (C=O) groups is 1. The second-order valence-electron chi connectivity index (χ2n) is 9.11. The molecule has 1 atom stereocenters. The number of halogens is 2. The number of aromatic nitrogens is 2. The van der Waals surface area contributed by atoms with E-state index in [0.29, 0.717) is 36.3 Å². The van der Waals surface area contributed by atoms with Crippen LogP contribution in [0.4, 0.5) is 8.78 Å². The van der Waals surface area contributed by atoms with Gasteiger partial charge in [-0.3, -0.25) is 14.4 Å². The van der Waals surface area contributed by atoms with Crippen LogP contribution >= 0.6 is 0 Å². The van der Waals surface area contributed by atoms with Crippen molar-refractivity contribution in [3.63, 3.8) is 0 Å². The average Bonchev–Trinajstić information content (AvgIpc) is 3.20. The molecule has 0 radical (unpaired) electrons. The molecule has 4 aromatic rings. The van der Waals surface area contributed by atoms with Gasteiger partial charge in [-0.05, 0) is 43.0 Å². The van der Waals surface area contributed by atoms with Gasteiger partial charge in [-0.1, -0.05) is 54.6 Å². The lowest BCUT2D eigenvalue weighted by Gasteiger charge is -2.38. The Morgan fingerprint density at radius 3 is 2.37 bits per heavy atom. The molecule has 1 unspecified atom stereocenters. The highest BCUT2D eigenvalue weighted by Crippen LogP contribution is 2.31. The molecule has 0 saturated carbocycles. The van der Waals surface area contributed by atoms with Gasteiger partial charge in [0.05, 0.1) is 5.52 Å². The van der Waals surface area contributed by atoms with Gasteiger partial charge >= 0.3 is 0 Å². The van der Waals surface area contributed by atoms with E-state index in [1.54, 1.807) is 42.1 Å². The van der Waals surface area contributed by atoms with E-state index in [0.717, 1.165) is 23.7 Å². The van der Waals surface area contributed by atoms with Crippen LogP contribution in [0.25, 0.3) is 10.9 Å². The average molecular weight is 475 g/mol. The largest absolute Gasteiger partial charge is 0.348 e. The highest BCUT2D eigenvalue weighted by molar-refractivity contribution is 6.05. The van der Waals surface area contributed by atoms with Gasteiger partial charge in [-0.2, -0.15) is 5.10 Å². The van der Waals surface area contributed by atoms with Gasteiger partial charge in [0.15, 0.2) is 0 Å². The summed E-state index contributed by atoms with van der Waals surface area (Å²) >= 11 is 0. The molecule has 35 heavy (non-hydrogen) atoms. The van der Waals surface area contributed by atoms with E-state index in [2.05, 4.69) is 15.3 Å². The van der Waals surface area contributed by atoms with Crippen LogP contribution in [0.2, 0.25) is 0 Å².